The van der Waals surface area contributed by atoms with E-state index in [2.05, 4.69) is 10.6 Å². The fourth-order valence-electron chi connectivity index (χ4n) is 2.10. The summed E-state index contributed by atoms with van der Waals surface area (Å²) in [6, 6.07) is 14.0. The minimum absolute atomic E-state index is 0.0859. The van der Waals surface area contributed by atoms with Crippen LogP contribution in [0.1, 0.15) is 25.5 Å². The Labute approximate surface area is 146 Å². The van der Waals surface area contributed by atoms with Crippen LogP contribution in [0.15, 0.2) is 48.5 Å². The highest BCUT2D eigenvalue weighted by Gasteiger charge is 2.10. The largest absolute Gasteiger partial charge is 0.484 e. The van der Waals surface area contributed by atoms with E-state index in [4.69, 9.17) is 16.3 Å². The second-order valence-corrected chi connectivity index (χ2v) is 5.77. The first-order valence-electron chi connectivity index (χ1n) is 7.49. The number of benzene rings is 2. The number of anilines is 1. The molecule has 2 N–H and O–H groups in total. The molecule has 5 nitrogen and oxygen atoms in total. The fraction of sp³-hybridized carbons (Fsp3) is 0.222. The van der Waals surface area contributed by atoms with Gasteiger partial charge in [-0.15, -0.1) is 0 Å². The summed E-state index contributed by atoms with van der Waals surface area (Å²) in [5, 5.41) is 6.18. The number of hydrogen-bond acceptors (Lipinski definition) is 3. The van der Waals surface area contributed by atoms with Crippen LogP contribution in [0.3, 0.4) is 0 Å². The lowest BCUT2D eigenvalue weighted by Gasteiger charge is -2.15. The Balaban J connectivity index is 1.82. The Hall–Kier alpha value is -2.53. The van der Waals surface area contributed by atoms with Crippen molar-refractivity contribution in [3.8, 4) is 5.75 Å². The van der Waals surface area contributed by atoms with Gasteiger partial charge in [0.1, 0.15) is 5.75 Å². The monoisotopic (exact) mass is 346 g/mol. The maximum absolute atomic E-state index is 12.0. The van der Waals surface area contributed by atoms with Crippen molar-refractivity contribution in [2.24, 2.45) is 0 Å². The topological polar surface area (TPSA) is 67.4 Å². The van der Waals surface area contributed by atoms with Crippen molar-refractivity contribution in [3.05, 3.63) is 59.1 Å². The van der Waals surface area contributed by atoms with Gasteiger partial charge in [-0.2, -0.15) is 0 Å². The zero-order valence-electron chi connectivity index (χ0n) is 13.5. The minimum atomic E-state index is -0.219. The molecule has 0 aliphatic heterocycles. The molecule has 1 unspecified atom stereocenters. The third-order valence-electron chi connectivity index (χ3n) is 3.29. The number of amides is 2. The van der Waals surface area contributed by atoms with Crippen molar-refractivity contribution in [1.82, 2.24) is 5.32 Å². The van der Waals surface area contributed by atoms with Gasteiger partial charge in [-0.1, -0.05) is 23.7 Å². The fourth-order valence-corrected chi connectivity index (χ4v) is 2.23. The Kier molecular flexibility index (Phi) is 6.21. The van der Waals surface area contributed by atoms with Crippen LogP contribution in [0.25, 0.3) is 0 Å². The Morgan fingerprint density at radius 1 is 1.08 bits per heavy atom. The van der Waals surface area contributed by atoms with Crippen molar-refractivity contribution in [3.63, 3.8) is 0 Å². The Morgan fingerprint density at radius 2 is 1.71 bits per heavy atom. The number of hydrogen-bond donors (Lipinski definition) is 2. The highest BCUT2D eigenvalue weighted by Crippen LogP contribution is 2.17. The van der Waals surface area contributed by atoms with E-state index < -0.39 is 0 Å². The molecule has 2 aromatic carbocycles. The van der Waals surface area contributed by atoms with Crippen LogP contribution < -0.4 is 15.4 Å². The first-order chi connectivity index (χ1) is 11.4. The molecule has 0 aliphatic carbocycles. The van der Waals surface area contributed by atoms with Gasteiger partial charge in [-0.25, -0.2) is 0 Å². The number of carbonyl (C=O) groups excluding carboxylic acids is 2. The molecule has 0 heterocycles. The van der Waals surface area contributed by atoms with Gasteiger partial charge in [0.25, 0.3) is 5.91 Å². The zero-order chi connectivity index (χ0) is 17.5. The second-order valence-electron chi connectivity index (χ2n) is 5.33. The molecule has 0 saturated carbocycles. The molecule has 0 bridgehead atoms. The lowest BCUT2D eigenvalue weighted by Crippen LogP contribution is -2.31. The quantitative estimate of drug-likeness (QED) is 0.840. The van der Waals surface area contributed by atoms with Gasteiger partial charge in [0.15, 0.2) is 6.61 Å². The van der Waals surface area contributed by atoms with Gasteiger partial charge in [-0.3, -0.25) is 9.59 Å². The summed E-state index contributed by atoms with van der Waals surface area (Å²) in [4.78, 5) is 22.9. The zero-order valence-corrected chi connectivity index (χ0v) is 14.3. The standard InChI is InChI=1S/C18H19ClN2O3/c1-12(14-3-5-15(19)6-4-14)20-18(23)11-24-17-9-7-16(8-10-17)21-13(2)22/h3-10,12H,11H2,1-2H3,(H,20,23)(H,21,22). The smallest absolute Gasteiger partial charge is 0.258 e. The minimum Gasteiger partial charge on any atom is -0.484 e. The number of nitrogens with one attached hydrogen (secondary N) is 2. The summed E-state index contributed by atoms with van der Waals surface area (Å²) in [6.45, 7) is 3.25. The van der Waals surface area contributed by atoms with Crippen LogP contribution in [0.2, 0.25) is 5.02 Å². The SMILES string of the molecule is CC(=O)Nc1ccc(OCC(=O)NC(C)c2ccc(Cl)cc2)cc1. The molecular formula is C18H19ClN2O3. The molecular weight excluding hydrogens is 328 g/mol. The number of halogens is 1. The maximum atomic E-state index is 12.0. The molecule has 0 aromatic heterocycles. The third kappa shape index (κ3) is 5.59. The molecule has 2 rings (SSSR count). The van der Waals surface area contributed by atoms with Crippen LogP contribution in [0.5, 0.6) is 5.75 Å². The predicted molar refractivity (Wildman–Crippen MR) is 94.3 cm³/mol. The summed E-state index contributed by atoms with van der Waals surface area (Å²) in [6.07, 6.45) is 0. The molecule has 2 amide bonds. The second kappa shape index (κ2) is 8.36. The van der Waals surface area contributed by atoms with Crippen molar-refractivity contribution in [2.45, 2.75) is 19.9 Å². The van der Waals surface area contributed by atoms with Crippen LogP contribution in [-0.2, 0) is 9.59 Å². The Bertz CT molecular complexity index is 699. The van der Waals surface area contributed by atoms with Crippen molar-refractivity contribution in [2.75, 3.05) is 11.9 Å². The van der Waals surface area contributed by atoms with E-state index in [0.29, 0.717) is 16.5 Å². The first kappa shape index (κ1) is 17.8. The highest BCUT2D eigenvalue weighted by molar-refractivity contribution is 6.30. The number of carbonyl (C=O) groups is 2. The molecule has 24 heavy (non-hydrogen) atoms. The van der Waals surface area contributed by atoms with Gasteiger partial charge < -0.3 is 15.4 Å². The van der Waals surface area contributed by atoms with E-state index in [-0.39, 0.29) is 24.5 Å². The van der Waals surface area contributed by atoms with E-state index >= 15 is 0 Å². The number of rotatable bonds is 6. The normalized spacial score (nSPS) is 11.5. The lowest BCUT2D eigenvalue weighted by atomic mass is 10.1. The van der Waals surface area contributed by atoms with Crippen LogP contribution in [-0.4, -0.2) is 18.4 Å². The van der Waals surface area contributed by atoms with Crippen molar-refractivity contribution >= 4 is 29.1 Å². The molecule has 0 aliphatic rings. The van der Waals surface area contributed by atoms with E-state index in [1.165, 1.54) is 6.92 Å². The summed E-state index contributed by atoms with van der Waals surface area (Å²) in [5.41, 5.74) is 1.64. The molecule has 0 spiro atoms. The highest BCUT2D eigenvalue weighted by atomic mass is 35.5. The molecule has 1 atom stereocenters. The number of ether oxygens (including phenoxy) is 1. The van der Waals surface area contributed by atoms with Gasteiger partial charge >= 0.3 is 0 Å². The molecule has 2 aromatic rings. The van der Waals surface area contributed by atoms with E-state index in [0.717, 1.165) is 5.56 Å². The third-order valence-corrected chi connectivity index (χ3v) is 3.54. The molecule has 0 radical (unpaired) electrons. The van der Waals surface area contributed by atoms with E-state index in [1.807, 2.05) is 19.1 Å². The van der Waals surface area contributed by atoms with Crippen molar-refractivity contribution < 1.29 is 14.3 Å². The molecule has 6 heteroatoms. The Morgan fingerprint density at radius 3 is 2.29 bits per heavy atom. The average molecular weight is 347 g/mol. The summed E-state index contributed by atoms with van der Waals surface area (Å²) in [7, 11) is 0. The summed E-state index contributed by atoms with van der Waals surface area (Å²) < 4.78 is 5.44. The molecule has 0 saturated heterocycles. The van der Waals surface area contributed by atoms with Gasteiger partial charge in [0.2, 0.25) is 5.91 Å². The van der Waals surface area contributed by atoms with Gasteiger partial charge in [-0.05, 0) is 48.9 Å². The first-order valence-corrected chi connectivity index (χ1v) is 7.87. The molecule has 0 fully saturated rings. The maximum Gasteiger partial charge on any atom is 0.258 e. The lowest BCUT2D eigenvalue weighted by molar-refractivity contribution is -0.123. The predicted octanol–water partition coefficient (Wildman–Crippen LogP) is 3.55. The summed E-state index contributed by atoms with van der Waals surface area (Å²) in [5.74, 6) is 0.195. The van der Waals surface area contributed by atoms with E-state index in [9.17, 15) is 9.59 Å². The van der Waals surface area contributed by atoms with Crippen LogP contribution >= 0.6 is 11.6 Å². The van der Waals surface area contributed by atoms with E-state index in [1.54, 1.807) is 36.4 Å². The average Bonchev–Trinajstić information content (AvgIpc) is 2.54. The van der Waals surface area contributed by atoms with Gasteiger partial charge in [0, 0.05) is 17.6 Å². The summed E-state index contributed by atoms with van der Waals surface area (Å²) >= 11 is 5.85. The van der Waals surface area contributed by atoms with Crippen LogP contribution in [0.4, 0.5) is 5.69 Å². The van der Waals surface area contributed by atoms with Crippen LogP contribution in [0, 0.1) is 0 Å². The van der Waals surface area contributed by atoms with Gasteiger partial charge in [0.05, 0.1) is 6.04 Å². The molecule has 126 valence electrons. The van der Waals surface area contributed by atoms with Crippen molar-refractivity contribution in [1.29, 1.82) is 0 Å².